The van der Waals surface area contributed by atoms with Crippen LogP contribution in [0, 0.1) is 11.7 Å². The van der Waals surface area contributed by atoms with Crippen LogP contribution in [-0.4, -0.2) is 14.5 Å². The Balaban J connectivity index is 1.48. The minimum Gasteiger partial charge on any atom is -0.293 e. The van der Waals surface area contributed by atoms with Crippen molar-refractivity contribution in [1.29, 1.82) is 0 Å². The van der Waals surface area contributed by atoms with E-state index in [9.17, 15) is 9.18 Å². The van der Waals surface area contributed by atoms with Gasteiger partial charge in [0.2, 0.25) is 0 Å². The van der Waals surface area contributed by atoms with Crippen LogP contribution in [0.5, 0.6) is 0 Å². The topological polar surface area (TPSA) is 47.8 Å². The van der Waals surface area contributed by atoms with Crippen LogP contribution in [0.15, 0.2) is 40.8 Å². The Kier molecular flexibility index (Phi) is 4.36. The second-order valence-electron chi connectivity index (χ2n) is 7.36. The number of hydrogen-bond acceptors (Lipinski definition) is 5. The van der Waals surface area contributed by atoms with Crippen LogP contribution < -0.4 is 5.56 Å². The standard InChI is InChI=1S/C21H18FN3OS2/c1-12-2-7-16-17(8-12)28-20-18(16)21(26)25(11-23-20)9-15-10-27-19(24-15)13-3-5-14(22)6-4-13/h3-6,10-12H,2,7-9H2,1H3. The molecule has 0 saturated carbocycles. The molecular formula is C21H18FN3OS2. The van der Waals surface area contributed by atoms with Gasteiger partial charge < -0.3 is 0 Å². The molecule has 3 heterocycles. The highest BCUT2D eigenvalue weighted by atomic mass is 32.1. The van der Waals surface area contributed by atoms with E-state index < -0.39 is 0 Å². The zero-order valence-corrected chi connectivity index (χ0v) is 16.9. The van der Waals surface area contributed by atoms with Gasteiger partial charge in [-0.1, -0.05) is 6.92 Å². The zero-order chi connectivity index (χ0) is 19.3. The third-order valence-corrected chi connectivity index (χ3v) is 7.36. The monoisotopic (exact) mass is 411 g/mol. The summed E-state index contributed by atoms with van der Waals surface area (Å²) in [5, 5.41) is 3.56. The first-order valence-electron chi connectivity index (χ1n) is 9.28. The fourth-order valence-electron chi connectivity index (χ4n) is 3.76. The van der Waals surface area contributed by atoms with Crippen LogP contribution in [0.3, 0.4) is 0 Å². The van der Waals surface area contributed by atoms with Gasteiger partial charge in [-0.15, -0.1) is 22.7 Å². The van der Waals surface area contributed by atoms with E-state index in [0.717, 1.165) is 45.7 Å². The van der Waals surface area contributed by atoms with E-state index >= 15 is 0 Å². The number of benzene rings is 1. The molecule has 142 valence electrons. The maximum absolute atomic E-state index is 13.1. The van der Waals surface area contributed by atoms with Crippen molar-refractivity contribution >= 4 is 32.9 Å². The number of nitrogens with zero attached hydrogens (tertiary/aromatic N) is 3. The summed E-state index contributed by atoms with van der Waals surface area (Å²) in [7, 11) is 0. The van der Waals surface area contributed by atoms with E-state index in [4.69, 9.17) is 0 Å². The van der Waals surface area contributed by atoms with Crippen molar-refractivity contribution in [1.82, 2.24) is 14.5 Å². The lowest BCUT2D eigenvalue weighted by Gasteiger charge is -2.17. The van der Waals surface area contributed by atoms with Gasteiger partial charge in [0.15, 0.2) is 0 Å². The number of halogens is 1. The fraction of sp³-hybridized carbons (Fsp3) is 0.286. The molecule has 1 aliphatic carbocycles. The molecule has 7 heteroatoms. The third-order valence-electron chi connectivity index (χ3n) is 5.26. The highest BCUT2D eigenvalue weighted by molar-refractivity contribution is 7.18. The van der Waals surface area contributed by atoms with Crippen molar-refractivity contribution in [2.45, 2.75) is 32.7 Å². The average molecular weight is 412 g/mol. The summed E-state index contributed by atoms with van der Waals surface area (Å²) in [5.74, 6) is 0.405. The van der Waals surface area contributed by atoms with Gasteiger partial charge in [0.1, 0.15) is 15.7 Å². The maximum Gasteiger partial charge on any atom is 0.262 e. The Morgan fingerprint density at radius 2 is 2.11 bits per heavy atom. The summed E-state index contributed by atoms with van der Waals surface area (Å²) >= 11 is 3.16. The Labute approximate surface area is 169 Å². The van der Waals surface area contributed by atoms with Gasteiger partial charge in [-0.3, -0.25) is 9.36 Å². The molecule has 0 radical (unpaired) electrons. The molecule has 0 amide bonds. The van der Waals surface area contributed by atoms with E-state index in [-0.39, 0.29) is 11.4 Å². The van der Waals surface area contributed by atoms with Gasteiger partial charge in [-0.2, -0.15) is 0 Å². The van der Waals surface area contributed by atoms with E-state index in [2.05, 4.69) is 16.9 Å². The molecule has 0 spiro atoms. The molecule has 3 aromatic heterocycles. The van der Waals surface area contributed by atoms with Crippen molar-refractivity contribution in [2.75, 3.05) is 0 Å². The molecular weight excluding hydrogens is 393 g/mol. The van der Waals surface area contributed by atoms with E-state index in [1.807, 2.05) is 5.38 Å². The predicted molar refractivity (Wildman–Crippen MR) is 112 cm³/mol. The normalized spacial score (nSPS) is 16.4. The quantitative estimate of drug-likeness (QED) is 0.482. The minimum atomic E-state index is -0.264. The maximum atomic E-state index is 13.1. The number of thiophene rings is 1. The lowest BCUT2D eigenvalue weighted by atomic mass is 9.89. The molecule has 4 nitrogen and oxygen atoms in total. The van der Waals surface area contributed by atoms with Crippen LogP contribution in [-0.2, 0) is 19.4 Å². The van der Waals surface area contributed by atoms with Gasteiger partial charge in [-0.05, 0) is 55.0 Å². The first kappa shape index (κ1) is 17.7. The van der Waals surface area contributed by atoms with Gasteiger partial charge in [0.05, 0.1) is 24.0 Å². The molecule has 1 unspecified atom stereocenters. The van der Waals surface area contributed by atoms with Crippen molar-refractivity contribution < 1.29 is 4.39 Å². The molecule has 4 aromatic rings. The second kappa shape index (κ2) is 6.90. The van der Waals surface area contributed by atoms with Crippen molar-refractivity contribution in [3.8, 4) is 10.6 Å². The lowest BCUT2D eigenvalue weighted by molar-refractivity contribution is 0.509. The molecule has 1 aliphatic rings. The first-order valence-corrected chi connectivity index (χ1v) is 11.0. The molecule has 28 heavy (non-hydrogen) atoms. The second-order valence-corrected chi connectivity index (χ2v) is 9.30. The summed E-state index contributed by atoms with van der Waals surface area (Å²) in [5.41, 5.74) is 2.91. The molecule has 0 bridgehead atoms. The van der Waals surface area contributed by atoms with E-state index in [1.54, 1.807) is 34.4 Å². The van der Waals surface area contributed by atoms with E-state index in [0.29, 0.717) is 12.5 Å². The van der Waals surface area contributed by atoms with Crippen LogP contribution in [0.2, 0.25) is 0 Å². The number of aromatic nitrogens is 3. The molecule has 1 atom stereocenters. The molecule has 0 N–H and O–H groups in total. The van der Waals surface area contributed by atoms with Crippen LogP contribution in [0.25, 0.3) is 20.8 Å². The smallest absolute Gasteiger partial charge is 0.262 e. The molecule has 0 saturated heterocycles. The number of rotatable bonds is 3. The number of fused-ring (bicyclic) bond motifs is 3. The van der Waals surface area contributed by atoms with Crippen LogP contribution in [0.1, 0.15) is 29.5 Å². The van der Waals surface area contributed by atoms with Crippen LogP contribution >= 0.6 is 22.7 Å². The summed E-state index contributed by atoms with van der Waals surface area (Å²) in [6.45, 7) is 2.65. The summed E-state index contributed by atoms with van der Waals surface area (Å²) < 4.78 is 14.8. The zero-order valence-electron chi connectivity index (χ0n) is 15.3. The third kappa shape index (κ3) is 3.08. The van der Waals surface area contributed by atoms with Crippen molar-refractivity contribution in [3.05, 3.63) is 68.3 Å². The Morgan fingerprint density at radius 1 is 1.29 bits per heavy atom. The van der Waals surface area contributed by atoms with Gasteiger partial charge in [0, 0.05) is 15.8 Å². The minimum absolute atomic E-state index is 0.0217. The Hall–Kier alpha value is -2.38. The Bertz CT molecular complexity index is 1220. The van der Waals surface area contributed by atoms with Gasteiger partial charge >= 0.3 is 0 Å². The largest absolute Gasteiger partial charge is 0.293 e. The Morgan fingerprint density at radius 3 is 2.93 bits per heavy atom. The molecule has 0 fully saturated rings. The van der Waals surface area contributed by atoms with Crippen LogP contribution in [0.4, 0.5) is 4.39 Å². The highest BCUT2D eigenvalue weighted by Gasteiger charge is 2.23. The molecule has 1 aromatic carbocycles. The van der Waals surface area contributed by atoms with Crippen molar-refractivity contribution in [3.63, 3.8) is 0 Å². The molecule has 0 aliphatic heterocycles. The lowest BCUT2D eigenvalue weighted by Crippen LogP contribution is -2.22. The number of hydrogen-bond donors (Lipinski definition) is 0. The highest BCUT2D eigenvalue weighted by Crippen LogP contribution is 2.35. The first-order chi connectivity index (χ1) is 13.6. The summed E-state index contributed by atoms with van der Waals surface area (Å²) in [6, 6.07) is 6.30. The van der Waals surface area contributed by atoms with Gasteiger partial charge in [-0.25, -0.2) is 14.4 Å². The molecule has 5 rings (SSSR count). The SMILES string of the molecule is CC1CCc2c(sc3ncn(Cc4csc(-c5ccc(F)cc5)n4)c(=O)c23)C1. The predicted octanol–water partition coefficient (Wildman–Crippen LogP) is 4.89. The number of aryl methyl sites for hydroxylation is 1. The average Bonchev–Trinajstić information content (AvgIpc) is 3.29. The summed E-state index contributed by atoms with van der Waals surface area (Å²) in [6.07, 6.45) is 4.76. The van der Waals surface area contributed by atoms with Gasteiger partial charge in [0.25, 0.3) is 5.56 Å². The fourth-order valence-corrected chi connectivity index (χ4v) is 5.92. The number of thiazole rings is 1. The van der Waals surface area contributed by atoms with Crippen molar-refractivity contribution in [2.24, 2.45) is 5.92 Å². The summed E-state index contributed by atoms with van der Waals surface area (Å²) in [4.78, 5) is 24.5. The van der Waals surface area contributed by atoms with E-state index in [1.165, 1.54) is 33.9 Å².